The Labute approximate surface area is 151 Å². The van der Waals surface area contributed by atoms with E-state index >= 15 is 0 Å². The summed E-state index contributed by atoms with van der Waals surface area (Å²) < 4.78 is 37.8. The molecule has 0 unspecified atom stereocenters. The van der Waals surface area contributed by atoms with Crippen LogP contribution in [0.5, 0.6) is 0 Å². The smallest absolute Gasteiger partial charge is 0.416 e. The van der Waals surface area contributed by atoms with Crippen molar-refractivity contribution in [3.05, 3.63) is 71.4 Å². The van der Waals surface area contributed by atoms with Crippen LogP contribution in [0.3, 0.4) is 0 Å². The van der Waals surface area contributed by atoms with Crippen molar-refractivity contribution in [3.8, 4) is 0 Å². The third kappa shape index (κ3) is 4.11. The van der Waals surface area contributed by atoms with E-state index in [-0.39, 0.29) is 12.0 Å². The summed E-state index contributed by atoms with van der Waals surface area (Å²) in [5.41, 5.74) is 0.622. The summed E-state index contributed by atoms with van der Waals surface area (Å²) in [6, 6.07) is 9.70. The number of carboxylic acids is 1. The number of carbonyl (C=O) groups excluding carboxylic acids is 1. The lowest BCUT2D eigenvalue weighted by Crippen LogP contribution is -2.42. The van der Waals surface area contributed by atoms with E-state index < -0.39 is 29.7 Å². The number of aromatic amines is 1. The fourth-order valence-electron chi connectivity index (χ4n) is 2.77. The van der Waals surface area contributed by atoms with Crippen LogP contribution in [0.2, 0.25) is 0 Å². The van der Waals surface area contributed by atoms with Crippen molar-refractivity contribution in [1.29, 1.82) is 0 Å². The summed E-state index contributed by atoms with van der Waals surface area (Å²) in [4.78, 5) is 26.8. The second-order valence-electron chi connectivity index (χ2n) is 6.00. The minimum Gasteiger partial charge on any atom is -0.480 e. The maximum absolute atomic E-state index is 12.6. The molecule has 1 atom stereocenters. The molecule has 0 bridgehead atoms. The van der Waals surface area contributed by atoms with Gasteiger partial charge < -0.3 is 15.4 Å². The van der Waals surface area contributed by atoms with E-state index in [1.165, 1.54) is 0 Å². The molecule has 1 amide bonds. The molecule has 0 aliphatic carbocycles. The number of nitrogens with one attached hydrogen (secondary N) is 2. The lowest BCUT2D eigenvalue weighted by molar-refractivity contribution is -0.139. The molecule has 27 heavy (non-hydrogen) atoms. The van der Waals surface area contributed by atoms with Crippen LogP contribution in [0.1, 0.15) is 21.5 Å². The first-order valence-corrected chi connectivity index (χ1v) is 8.01. The highest BCUT2D eigenvalue weighted by Gasteiger charge is 2.30. The molecule has 1 heterocycles. The third-order valence-corrected chi connectivity index (χ3v) is 4.18. The van der Waals surface area contributed by atoms with Crippen LogP contribution >= 0.6 is 0 Å². The Balaban J connectivity index is 1.76. The minimum absolute atomic E-state index is 0.0335. The van der Waals surface area contributed by atoms with E-state index in [0.717, 1.165) is 35.2 Å². The molecule has 0 saturated heterocycles. The SMILES string of the molecule is O=C(N[C@@H](Cc1c[nH]c2ccccc12)C(=O)O)c1ccc(C(F)(F)F)cc1. The highest BCUT2D eigenvalue weighted by Crippen LogP contribution is 2.29. The van der Waals surface area contributed by atoms with Crippen LogP contribution in [0.25, 0.3) is 10.9 Å². The third-order valence-electron chi connectivity index (χ3n) is 4.18. The fourth-order valence-corrected chi connectivity index (χ4v) is 2.77. The predicted octanol–water partition coefficient (Wildman–Crippen LogP) is 3.61. The average molecular weight is 376 g/mol. The summed E-state index contributed by atoms with van der Waals surface area (Å²) >= 11 is 0. The standard InChI is InChI=1S/C19H15F3N2O3/c20-19(21,22)13-7-5-11(6-8-13)17(25)24-16(18(26)27)9-12-10-23-15-4-2-1-3-14(12)15/h1-8,10,16,23H,9H2,(H,24,25)(H,26,27)/t16-/m0/s1. The minimum atomic E-state index is -4.51. The zero-order valence-electron chi connectivity index (χ0n) is 13.9. The first-order chi connectivity index (χ1) is 12.8. The Morgan fingerprint density at radius 3 is 2.37 bits per heavy atom. The van der Waals surface area contributed by atoms with Gasteiger partial charge in [-0.3, -0.25) is 4.79 Å². The normalized spacial score (nSPS) is 12.7. The number of para-hydroxylation sites is 1. The molecule has 3 aromatic rings. The number of fused-ring (bicyclic) bond motifs is 1. The van der Waals surface area contributed by atoms with E-state index in [2.05, 4.69) is 10.3 Å². The Morgan fingerprint density at radius 2 is 1.74 bits per heavy atom. The second-order valence-corrected chi connectivity index (χ2v) is 6.00. The van der Waals surface area contributed by atoms with Crippen molar-refractivity contribution in [3.63, 3.8) is 0 Å². The number of hydrogen-bond donors (Lipinski definition) is 3. The lowest BCUT2D eigenvalue weighted by Gasteiger charge is -2.15. The Kier molecular flexibility index (Phi) is 4.89. The van der Waals surface area contributed by atoms with Crippen LogP contribution in [-0.4, -0.2) is 28.0 Å². The van der Waals surface area contributed by atoms with Gasteiger partial charge in [0.15, 0.2) is 0 Å². The van der Waals surface area contributed by atoms with Gasteiger partial charge in [0.2, 0.25) is 0 Å². The highest BCUT2D eigenvalue weighted by atomic mass is 19.4. The quantitative estimate of drug-likeness (QED) is 0.636. The monoisotopic (exact) mass is 376 g/mol. The zero-order chi connectivity index (χ0) is 19.6. The van der Waals surface area contributed by atoms with Gasteiger partial charge in [0.05, 0.1) is 5.56 Å². The van der Waals surface area contributed by atoms with Crippen molar-refractivity contribution in [2.75, 3.05) is 0 Å². The van der Waals surface area contributed by atoms with Gasteiger partial charge in [0.1, 0.15) is 6.04 Å². The highest BCUT2D eigenvalue weighted by molar-refractivity contribution is 5.97. The number of benzene rings is 2. The largest absolute Gasteiger partial charge is 0.480 e. The number of halogens is 3. The van der Waals surface area contributed by atoms with E-state index in [4.69, 9.17) is 0 Å². The van der Waals surface area contributed by atoms with Crippen molar-refractivity contribution in [2.24, 2.45) is 0 Å². The van der Waals surface area contributed by atoms with E-state index in [1.54, 1.807) is 6.20 Å². The van der Waals surface area contributed by atoms with Gasteiger partial charge in [0, 0.05) is 29.1 Å². The molecular weight excluding hydrogens is 361 g/mol. The molecule has 0 fully saturated rings. The van der Waals surface area contributed by atoms with Gasteiger partial charge in [-0.15, -0.1) is 0 Å². The number of amides is 1. The molecule has 5 nitrogen and oxygen atoms in total. The summed E-state index contributed by atoms with van der Waals surface area (Å²) in [6.07, 6.45) is -2.80. The van der Waals surface area contributed by atoms with Crippen LogP contribution in [-0.2, 0) is 17.4 Å². The summed E-state index contributed by atoms with van der Waals surface area (Å²) in [5.74, 6) is -1.99. The van der Waals surface area contributed by atoms with Gasteiger partial charge in [0.25, 0.3) is 5.91 Å². The molecule has 1 aromatic heterocycles. The lowest BCUT2D eigenvalue weighted by atomic mass is 10.0. The maximum atomic E-state index is 12.6. The molecule has 3 N–H and O–H groups in total. The summed E-state index contributed by atoms with van der Waals surface area (Å²) in [6.45, 7) is 0. The number of H-pyrrole nitrogens is 1. The molecule has 2 aromatic carbocycles. The molecule has 0 spiro atoms. The number of aromatic nitrogens is 1. The van der Waals surface area contributed by atoms with E-state index in [9.17, 15) is 27.9 Å². The Hall–Kier alpha value is -3.29. The van der Waals surface area contributed by atoms with Gasteiger partial charge in [-0.2, -0.15) is 13.2 Å². The molecule has 0 aliphatic heterocycles. The van der Waals surface area contributed by atoms with Crippen molar-refractivity contribution in [2.45, 2.75) is 18.6 Å². The van der Waals surface area contributed by atoms with Gasteiger partial charge in [-0.05, 0) is 35.9 Å². The van der Waals surface area contributed by atoms with Gasteiger partial charge in [-0.1, -0.05) is 18.2 Å². The molecular formula is C19H15F3N2O3. The second kappa shape index (κ2) is 7.14. The Morgan fingerprint density at radius 1 is 1.07 bits per heavy atom. The zero-order valence-corrected chi connectivity index (χ0v) is 13.9. The fraction of sp³-hybridized carbons (Fsp3) is 0.158. The number of alkyl halides is 3. The van der Waals surface area contributed by atoms with E-state index in [1.807, 2.05) is 24.3 Å². The molecule has 0 aliphatic rings. The van der Waals surface area contributed by atoms with Crippen molar-refractivity contribution >= 4 is 22.8 Å². The molecule has 8 heteroatoms. The van der Waals surface area contributed by atoms with Crippen molar-refractivity contribution < 1.29 is 27.9 Å². The molecule has 140 valence electrons. The van der Waals surface area contributed by atoms with Gasteiger partial charge in [-0.25, -0.2) is 4.79 Å². The molecule has 0 radical (unpaired) electrons. The average Bonchev–Trinajstić information content (AvgIpc) is 3.03. The number of carbonyl (C=O) groups is 2. The first kappa shape index (κ1) is 18.5. The Bertz CT molecular complexity index is 978. The van der Waals surface area contributed by atoms with Crippen LogP contribution in [0.4, 0.5) is 13.2 Å². The number of aliphatic carboxylic acids is 1. The van der Waals surface area contributed by atoms with Crippen LogP contribution in [0.15, 0.2) is 54.7 Å². The maximum Gasteiger partial charge on any atom is 0.416 e. The number of rotatable bonds is 5. The summed E-state index contributed by atoms with van der Waals surface area (Å²) in [7, 11) is 0. The first-order valence-electron chi connectivity index (χ1n) is 8.01. The number of hydrogen-bond acceptors (Lipinski definition) is 2. The van der Waals surface area contributed by atoms with Gasteiger partial charge >= 0.3 is 12.1 Å². The molecule has 3 rings (SSSR count). The van der Waals surface area contributed by atoms with Crippen LogP contribution < -0.4 is 5.32 Å². The molecule has 0 saturated carbocycles. The number of carboxylic acid groups (broad SMARTS) is 1. The van der Waals surface area contributed by atoms with E-state index in [0.29, 0.717) is 5.56 Å². The van der Waals surface area contributed by atoms with Crippen LogP contribution in [0, 0.1) is 0 Å². The topological polar surface area (TPSA) is 82.2 Å². The summed E-state index contributed by atoms with van der Waals surface area (Å²) in [5, 5.41) is 12.6. The van der Waals surface area contributed by atoms with Crippen molar-refractivity contribution in [1.82, 2.24) is 10.3 Å². The predicted molar refractivity (Wildman–Crippen MR) is 92.3 cm³/mol.